The molecule has 1 aliphatic carbocycles. The van der Waals surface area contributed by atoms with Crippen molar-refractivity contribution < 1.29 is 14.3 Å². The van der Waals surface area contributed by atoms with E-state index >= 15 is 0 Å². The van der Waals surface area contributed by atoms with E-state index in [2.05, 4.69) is 29.3 Å². The van der Waals surface area contributed by atoms with Crippen molar-refractivity contribution in [1.29, 1.82) is 0 Å². The van der Waals surface area contributed by atoms with Crippen LogP contribution >= 0.6 is 22.7 Å². The molecule has 2 aromatic rings. The van der Waals surface area contributed by atoms with Gasteiger partial charge in [0.1, 0.15) is 6.54 Å². The Balaban J connectivity index is 1.34. The number of carbonyl (C=O) groups excluding carboxylic acids is 2. The molecule has 2 aliphatic heterocycles. The van der Waals surface area contributed by atoms with E-state index in [0.717, 1.165) is 62.7 Å². The summed E-state index contributed by atoms with van der Waals surface area (Å²) < 4.78 is 5.45. The van der Waals surface area contributed by atoms with Crippen molar-refractivity contribution >= 4 is 40.2 Å². The predicted octanol–water partition coefficient (Wildman–Crippen LogP) is 3.76. The number of ether oxygens (including phenoxy) is 1. The zero-order valence-electron chi connectivity index (χ0n) is 19.6. The minimum Gasteiger partial charge on any atom is -0.379 e. The van der Waals surface area contributed by atoms with Crippen LogP contribution in [0.3, 0.4) is 0 Å². The number of amides is 2. The number of hydrazone groups is 1. The third-order valence-corrected chi connectivity index (χ3v) is 9.10. The van der Waals surface area contributed by atoms with Gasteiger partial charge in [-0.2, -0.15) is 5.10 Å². The highest BCUT2D eigenvalue weighted by Crippen LogP contribution is 2.38. The maximum absolute atomic E-state index is 13.7. The van der Waals surface area contributed by atoms with Gasteiger partial charge in [0, 0.05) is 43.4 Å². The number of rotatable bonds is 8. The van der Waals surface area contributed by atoms with Gasteiger partial charge >= 0.3 is 0 Å². The molecular weight excluding hydrogens is 468 g/mol. The summed E-state index contributed by atoms with van der Waals surface area (Å²) in [5.74, 6) is 0.0916. The first-order valence-electron chi connectivity index (χ1n) is 12.2. The molecule has 0 unspecified atom stereocenters. The molecule has 3 aliphatic rings. The van der Waals surface area contributed by atoms with Gasteiger partial charge in [-0.05, 0) is 48.2 Å². The Morgan fingerprint density at radius 2 is 2.00 bits per heavy atom. The molecule has 2 aromatic heterocycles. The average Bonchev–Trinajstić information content (AvgIpc) is 3.56. The summed E-state index contributed by atoms with van der Waals surface area (Å²) in [6.07, 6.45) is 3.67. The van der Waals surface area contributed by atoms with Crippen molar-refractivity contribution in [3.05, 3.63) is 44.3 Å². The third-order valence-electron chi connectivity index (χ3n) is 7.06. The zero-order valence-corrected chi connectivity index (χ0v) is 21.3. The lowest BCUT2D eigenvalue weighted by molar-refractivity contribution is -0.145. The summed E-state index contributed by atoms with van der Waals surface area (Å²) in [7, 11) is 0. The molecule has 34 heavy (non-hydrogen) atoms. The van der Waals surface area contributed by atoms with Gasteiger partial charge in [0.2, 0.25) is 5.91 Å². The lowest BCUT2D eigenvalue weighted by Crippen LogP contribution is -2.49. The van der Waals surface area contributed by atoms with Crippen LogP contribution in [-0.4, -0.2) is 78.3 Å². The topological polar surface area (TPSA) is 65.5 Å². The van der Waals surface area contributed by atoms with E-state index in [1.165, 1.54) is 10.4 Å². The zero-order chi connectivity index (χ0) is 23.5. The van der Waals surface area contributed by atoms with Gasteiger partial charge in [-0.25, -0.2) is 5.01 Å². The van der Waals surface area contributed by atoms with Gasteiger partial charge in [-0.3, -0.25) is 14.5 Å². The Labute approximate surface area is 209 Å². The average molecular weight is 501 g/mol. The predicted molar refractivity (Wildman–Crippen MR) is 135 cm³/mol. The maximum atomic E-state index is 13.7. The molecule has 1 saturated heterocycles. The molecule has 182 valence electrons. The van der Waals surface area contributed by atoms with Crippen molar-refractivity contribution in [1.82, 2.24) is 14.8 Å². The molecule has 1 saturated carbocycles. The lowest BCUT2D eigenvalue weighted by Gasteiger charge is -2.34. The van der Waals surface area contributed by atoms with Crippen LogP contribution in [0, 0.1) is 12.8 Å². The quantitative estimate of drug-likeness (QED) is 0.554. The summed E-state index contributed by atoms with van der Waals surface area (Å²) >= 11 is 3.33. The Bertz CT molecular complexity index is 1020. The van der Waals surface area contributed by atoms with Crippen molar-refractivity contribution in [3.63, 3.8) is 0 Å². The van der Waals surface area contributed by atoms with Crippen molar-refractivity contribution in [2.24, 2.45) is 11.0 Å². The monoisotopic (exact) mass is 500 g/mol. The van der Waals surface area contributed by atoms with E-state index in [1.807, 2.05) is 11.4 Å². The SMILES string of the molecule is Cc1ccsc1[C@@H]1CC(c2cccs2)=NN1C(=O)CN(CCN1CCOCC1)C(=O)C1CCC1. The van der Waals surface area contributed by atoms with Crippen LogP contribution in [0.1, 0.15) is 47.0 Å². The van der Waals surface area contributed by atoms with E-state index in [-0.39, 0.29) is 30.3 Å². The molecule has 1 atom stereocenters. The largest absolute Gasteiger partial charge is 0.379 e. The van der Waals surface area contributed by atoms with Gasteiger partial charge in [0.25, 0.3) is 5.91 Å². The van der Waals surface area contributed by atoms with Crippen LogP contribution in [-0.2, 0) is 14.3 Å². The molecule has 9 heteroatoms. The summed E-state index contributed by atoms with van der Waals surface area (Å²) in [5, 5.41) is 10.6. The number of morpholine rings is 1. The van der Waals surface area contributed by atoms with Crippen LogP contribution in [0.5, 0.6) is 0 Å². The van der Waals surface area contributed by atoms with Gasteiger partial charge in [0.05, 0.1) is 29.8 Å². The normalized spacial score (nSPS) is 21.4. The molecule has 0 radical (unpaired) electrons. The summed E-state index contributed by atoms with van der Waals surface area (Å²) in [6, 6.07) is 6.07. The Hall–Kier alpha value is -2.07. The van der Waals surface area contributed by atoms with Gasteiger partial charge in [-0.15, -0.1) is 22.7 Å². The fourth-order valence-corrected chi connectivity index (χ4v) is 6.50. The highest BCUT2D eigenvalue weighted by molar-refractivity contribution is 7.12. The summed E-state index contributed by atoms with van der Waals surface area (Å²) in [5.41, 5.74) is 2.14. The molecule has 7 nitrogen and oxygen atoms in total. The van der Waals surface area contributed by atoms with E-state index in [9.17, 15) is 9.59 Å². The maximum Gasteiger partial charge on any atom is 0.262 e. The van der Waals surface area contributed by atoms with E-state index in [0.29, 0.717) is 13.0 Å². The van der Waals surface area contributed by atoms with Crippen LogP contribution < -0.4 is 0 Å². The number of aryl methyl sites for hydroxylation is 1. The molecule has 4 heterocycles. The van der Waals surface area contributed by atoms with Crippen molar-refractivity contribution in [2.75, 3.05) is 45.9 Å². The highest BCUT2D eigenvalue weighted by atomic mass is 32.1. The summed E-state index contributed by atoms with van der Waals surface area (Å²) in [6.45, 7) is 6.72. The minimum absolute atomic E-state index is 0.0663. The lowest BCUT2D eigenvalue weighted by atomic mass is 9.84. The first kappa shape index (κ1) is 23.7. The van der Waals surface area contributed by atoms with E-state index < -0.39 is 0 Å². The van der Waals surface area contributed by atoms with Crippen LogP contribution in [0.25, 0.3) is 0 Å². The van der Waals surface area contributed by atoms with E-state index in [4.69, 9.17) is 9.84 Å². The Kier molecular flexibility index (Phi) is 7.43. The first-order valence-corrected chi connectivity index (χ1v) is 13.9. The van der Waals surface area contributed by atoms with Crippen molar-refractivity contribution in [2.45, 2.75) is 38.6 Å². The molecule has 0 spiro atoms. The standard InChI is InChI=1S/C25H32N4O3S2/c1-18-7-15-34-24(18)21-16-20(22-6-3-14-33-22)26-29(21)23(30)17-28(25(31)19-4-2-5-19)9-8-27-10-12-32-13-11-27/h3,6-7,14-15,19,21H,2,4-5,8-13,16-17H2,1H3/t21-/m0/s1. The van der Waals surface area contributed by atoms with Crippen LogP contribution in [0.4, 0.5) is 0 Å². The van der Waals surface area contributed by atoms with Crippen LogP contribution in [0.2, 0.25) is 0 Å². The Morgan fingerprint density at radius 3 is 2.65 bits per heavy atom. The number of carbonyl (C=O) groups is 2. The number of hydrogen-bond donors (Lipinski definition) is 0. The van der Waals surface area contributed by atoms with E-state index in [1.54, 1.807) is 32.6 Å². The number of hydrogen-bond acceptors (Lipinski definition) is 7. The van der Waals surface area contributed by atoms with Crippen LogP contribution in [0.15, 0.2) is 34.1 Å². The second kappa shape index (κ2) is 10.7. The molecule has 2 amide bonds. The molecule has 5 rings (SSSR count). The fourth-order valence-electron chi connectivity index (χ4n) is 4.77. The second-order valence-corrected chi connectivity index (χ2v) is 11.2. The third kappa shape index (κ3) is 5.12. The molecular formula is C25H32N4O3S2. The minimum atomic E-state index is -0.107. The highest BCUT2D eigenvalue weighted by Gasteiger charge is 2.37. The van der Waals surface area contributed by atoms with Gasteiger partial charge < -0.3 is 9.64 Å². The molecule has 2 fully saturated rings. The second-order valence-electron chi connectivity index (χ2n) is 9.29. The smallest absolute Gasteiger partial charge is 0.262 e. The number of nitrogens with zero attached hydrogens (tertiary/aromatic N) is 4. The molecule has 0 aromatic carbocycles. The van der Waals surface area contributed by atoms with Crippen molar-refractivity contribution in [3.8, 4) is 0 Å². The van der Waals surface area contributed by atoms with Gasteiger partial charge in [0.15, 0.2) is 0 Å². The first-order chi connectivity index (χ1) is 16.6. The fraction of sp³-hybridized carbons (Fsp3) is 0.560. The molecule has 0 N–H and O–H groups in total. The summed E-state index contributed by atoms with van der Waals surface area (Å²) in [4.78, 5) is 33.3. The van der Waals surface area contributed by atoms with Gasteiger partial charge in [-0.1, -0.05) is 12.5 Å². The number of thiophene rings is 2. The molecule has 0 bridgehead atoms. The Morgan fingerprint density at radius 1 is 1.18 bits per heavy atom.